The molecule has 2 N–H and O–H groups in total. The van der Waals surface area contributed by atoms with Gasteiger partial charge in [0.2, 0.25) is 5.91 Å². The minimum Gasteiger partial charge on any atom is -0.462 e. The summed E-state index contributed by atoms with van der Waals surface area (Å²) in [5.41, 5.74) is 1.55. The van der Waals surface area contributed by atoms with Crippen LogP contribution in [0.25, 0.3) is 0 Å². The number of urea groups is 1. The van der Waals surface area contributed by atoms with Gasteiger partial charge in [0.25, 0.3) is 5.91 Å². The summed E-state index contributed by atoms with van der Waals surface area (Å²) in [4.78, 5) is 51.0. The van der Waals surface area contributed by atoms with Crippen LogP contribution in [0.2, 0.25) is 0 Å². The van der Waals surface area contributed by atoms with E-state index in [1.165, 1.54) is 12.1 Å². The summed E-state index contributed by atoms with van der Waals surface area (Å²) in [5.74, 6) is -1.36. The minimum absolute atomic E-state index is 0.273. The van der Waals surface area contributed by atoms with Crippen molar-refractivity contribution in [2.24, 2.45) is 0 Å². The van der Waals surface area contributed by atoms with Gasteiger partial charge in [0.1, 0.15) is 12.1 Å². The van der Waals surface area contributed by atoms with Crippen LogP contribution in [0.3, 0.4) is 0 Å². The first kappa shape index (κ1) is 20.6. The third-order valence-corrected chi connectivity index (χ3v) is 5.63. The molecular formula is C23H23N3O5. The Hall–Kier alpha value is -3.68. The van der Waals surface area contributed by atoms with Crippen LogP contribution >= 0.6 is 0 Å². The van der Waals surface area contributed by atoms with Gasteiger partial charge < -0.3 is 15.4 Å². The van der Waals surface area contributed by atoms with Crippen LogP contribution in [0.1, 0.15) is 41.3 Å². The van der Waals surface area contributed by atoms with Crippen molar-refractivity contribution in [2.75, 3.05) is 18.5 Å². The molecule has 4 amide bonds. The van der Waals surface area contributed by atoms with Gasteiger partial charge in [-0.05, 0) is 61.6 Å². The van der Waals surface area contributed by atoms with Gasteiger partial charge in [0.05, 0.1) is 12.2 Å². The average Bonchev–Trinajstić information content (AvgIpc) is 2.99. The number of carbonyl (C=O) groups is 4. The minimum atomic E-state index is -1.10. The molecule has 1 aliphatic heterocycles. The first-order chi connectivity index (χ1) is 14.9. The number of imide groups is 1. The monoisotopic (exact) mass is 421 g/mol. The number of nitrogens with zero attached hydrogens (tertiary/aromatic N) is 1. The maximum absolute atomic E-state index is 13.2. The van der Waals surface area contributed by atoms with E-state index in [4.69, 9.17) is 4.74 Å². The lowest BCUT2D eigenvalue weighted by molar-refractivity contribution is -0.134. The number of rotatable bonds is 5. The zero-order valence-corrected chi connectivity index (χ0v) is 17.1. The number of nitrogens with one attached hydrogen (secondary N) is 2. The fraction of sp³-hybridized carbons (Fsp3) is 0.304. The van der Waals surface area contributed by atoms with Crippen LogP contribution < -0.4 is 10.6 Å². The standard InChI is InChI=1S/C23H23N3O5/c1-2-31-20(28)16-9-11-17(12-10-16)24-19(27)14-26-21(29)23(25-22(26)30)13-5-7-15-6-3-4-8-18(15)23/h3-4,6,8-12H,2,5,7,13-14H2,1H3,(H,24,27)(H,25,30)/t23-/m0/s1. The lowest BCUT2D eigenvalue weighted by Gasteiger charge is -2.33. The average molecular weight is 421 g/mol. The zero-order chi connectivity index (χ0) is 22.0. The summed E-state index contributed by atoms with van der Waals surface area (Å²) < 4.78 is 4.93. The summed E-state index contributed by atoms with van der Waals surface area (Å²) in [6, 6.07) is 13.2. The van der Waals surface area contributed by atoms with Crippen molar-refractivity contribution >= 4 is 29.5 Å². The van der Waals surface area contributed by atoms with Gasteiger partial charge >= 0.3 is 12.0 Å². The molecular weight excluding hydrogens is 398 g/mol. The number of esters is 1. The van der Waals surface area contributed by atoms with Crippen LogP contribution in [-0.4, -0.2) is 41.9 Å². The molecule has 1 heterocycles. The molecule has 0 radical (unpaired) electrons. The van der Waals surface area contributed by atoms with E-state index in [2.05, 4.69) is 10.6 Å². The van der Waals surface area contributed by atoms with Crippen molar-refractivity contribution in [3.05, 3.63) is 65.2 Å². The summed E-state index contributed by atoms with van der Waals surface area (Å²) >= 11 is 0. The zero-order valence-electron chi connectivity index (χ0n) is 17.1. The van der Waals surface area contributed by atoms with Crippen molar-refractivity contribution in [3.63, 3.8) is 0 Å². The number of ether oxygens (including phenoxy) is 1. The molecule has 0 aromatic heterocycles. The van der Waals surface area contributed by atoms with E-state index in [1.807, 2.05) is 24.3 Å². The molecule has 31 heavy (non-hydrogen) atoms. The van der Waals surface area contributed by atoms with Gasteiger partial charge in [-0.2, -0.15) is 0 Å². The molecule has 0 unspecified atom stereocenters. The highest BCUT2D eigenvalue weighted by Gasteiger charge is 2.54. The Bertz CT molecular complexity index is 1050. The van der Waals surface area contributed by atoms with Crippen LogP contribution in [0, 0.1) is 0 Å². The Morgan fingerprint density at radius 2 is 1.87 bits per heavy atom. The SMILES string of the molecule is CCOC(=O)c1ccc(NC(=O)CN2C(=O)N[C@]3(CCCc4ccccc43)C2=O)cc1. The van der Waals surface area contributed by atoms with Gasteiger partial charge in [0, 0.05) is 5.69 Å². The number of hydrogen-bond donors (Lipinski definition) is 2. The second-order valence-corrected chi connectivity index (χ2v) is 7.58. The molecule has 2 aliphatic rings. The number of hydrogen-bond acceptors (Lipinski definition) is 5. The van der Waals surface area contributed by atoms with E-state index < -0.39 is 35.9 Å². The van der Waals surface area contributed by atoms with E-state index in [0.717, 1.165) is 28.9 Å². The second-order valence-electron chi connectivity index (χ2n) is 7.58. The first-order valence-corrected chi connectivity index (χ1v) is 10.2. The Morgan fingerprint density at radius 1 is 1.13 bits per heavy atom. The van der Waals surface area contributed by atoms with Crippen LogP contribution in [0.4, 0.5) is 10.5 Å². The Balaban J connectivity index is 1.45. The van der Waals surface area contributed by atoms with Crippen molar-refractivity contribution < 1.29 is 23.9 Å². The Kier molecular flexibility index (Phi) is 5.46. The summed E-state index contributed by atoms with van der Waals surface area (Å²) in [6.45, 7) is 1.60. The third kappa shape index (κ3) is 3.76. The lowest BCUT2D eigenvalue weighted by Crippen LogP contribution is -2.47. The van der Waals surface area contributed by atoms with Gasteiger partial charge in [-0.1, -0.05) is 24.3 Å². The summed E-state index contributed by atoms with van der Waals surface area (Å²) in [7, 11) is 0. The molecule has 1 atom stereocenters. The van der Waals surface area contributed by atoms with Gasteiger partial charge in [0.15, 0.2) is 0 Å². The van der Waals surface area contributed by atoms with Crippen molar-refractivity contribution in [1.29, 1.82) is 0 Å². The molecule has 8 nitrogen and oxygen atoms in total. The molecule has 8 heteroatoms. The van der Waals surface area contributed by atoms with E-state index in [-0.39, 0.29) is 6.61 Å². The fourth-order valence-corrected chi connectivity index (χ4v) is 4.20. The molecule has 2 aromatic carbocycles. The van der Waals surface area contributed by atoms with E-state index in [9.17, 15) is 19.2 Å². The number of benzene rings is 2. The van der Waals surface area contributed by atoms with Gasteiger partial charge in [-0.15, -0.1) is 0 Å². The Morgan fingerprint density at radius 3 is 2.61 bits per heavy atom. The number of fused-ring (bicyclic) bond motifs is 2. The molecule has 2 aromatic rings. The Labute approximate surface area is 179 Å². The normalized spacial score (nSPS) is 19.7. The number of amides is 4. The fourth-order valence-electron chi connectivity index (χ4n) is 4.20. The largest absolute Gasteiger partial charge is 0.462 e. The summed E-state index contributed by atoms with van der Waals surface area (Å²) in [6.07, 6.45) is 2.13. The van der Waals surface area contributed by atoms with Crippen LogP contribution in [0.15, 0.2) is 48.5 Å². The number of anilines is 1. The topological polar surface area (TPSA) is 105 Å². The predicted molar refractivity (Wildman–Crippen MR) is 112 cm³/mol. The number of carbonyl (C=O) groups excluding carboxylic acids is 4. The molecule has 4 rings (SSSR count). The molecule has 0 bridgehead atoms. The molecule has 0 saturated carbocycles. The third-order valence-electron chi connectivity index (χ3n) is 5.63. The van der Waals surface area contributed by atoms with Crippen molar-refractivity contribution in [3.8, 4) is 0 Å². The quantitative estimate of drug-likeness (QED) is 0.570. The molecule has 1 saturated heterocycles. The van der Waals surface area contributed by atoms with Crippen LogP contribution in [0.5, 0.6) is 0 Å². The molecule has 1 spiro atoms. The van der Waals surface area contributed by atoms with Gasteiger partial charge in [-0.25, -0.2) is 9.59 Å². The highest BCUT2D eigenvalue weighted by molar-refractivity contribution is 6.10. The van der Waals surface area contributed by atoms with Gasteiger partial charge in [-0.3, -0.25) is 14.5 Å². The molecule has 160 valence electrons. The predicted octanol–water partition coefficient (Wildman–Crippen LogP) is 2.59. The maximum atomic E-state index is 13.2. The first-order valence-electron chi connectivity index (χ1n) is 10.2. The maximum Gasteiger partial charge on any atom is 0.338 e. The second kappa shape index (κ2) is 8.22. The highest BCUT2D eigenvalue weighted by Crippen LogP contribution is 2.39. The highest BCUT2D eigenvalue weighted by atomic mass is 16.5. The van der Waals surface area contributed by atoms with Crippen LogP contribution in [-0.2, 0) is 26.3 Å². The van der Waals surface area contributed by atoms with Crippen molar-refractivity contribution in [2.45, 2.75) is 31.7 Å². The molecule has 1 aliphatic carbocycles. The van der Waals surface area contributed by atoms with Crippen molar-refractivity contribution in [1.82, 2.24) is 10.2 Å². The molecule has 1 fully saturated rings. The summed E-state index contributed by atoms with van der Waals surface area (Å²) in [5, 5.41) is 5.49. The van der Waals surface area contributed by atoms with E-state index >= 15 is 0 Å². The van der Waals surface area contributed by atoms with E-state index in [0.29, 0.717) is 17.7 Å². The van der Waals surface area contributed by atoms with E-state index in [1.54, 1.807) is 19.1 Å². The lowest BCUT2D eigenvalue weighted by atomic mass is 9.76. The smallest absolute Gasteiger partial charge is 0.338 e. The number of aryl methyl sites for hydroxylation is 1.